The molecule has 1 aliphatic heterocycles. The zero-order chi connectivity index (χ0) is 11.7. The SMILES string of the molecule is CC1CN(C2CCC2CNC2CC2)CCCO1. The minimum atomic E-state index is 0.426. The molecule has 0 aromatic rings. The van der Waals surface area contributed by atoms with Crippen LogP contribution in [-0.2, 0) is 4.74 Å². The van der Waals surface area contributed by atoms with Crippen LogP contribution in [0.3, 0.4) is 0 Å². The van der Waals surface area contributed by atoms with Crippen LogP contribution >= 0.6 is 0 Å². The van der Waals surface area contributed by atoms with E-state index in [1.807, 2.05) is 0 Å². The van der Waals surface area contributed by atoms with E-state index in [0.717, 1.165) is 31.2 Å². The summed E-state index contributed by atoms with van der Waals surface area (Å²) in [5, 5.41) is 3.70. The van der Waals surface area contributed by atoms with Crippen molar-refractivity contribution in [3.8, 4) is 0 Å². The Kier molecular flexibility index (Phi) is 3.69. The van der Waals surface area contributed by atoms with Crippen LogP contribution < -0.4 is 5.32 Å². The molecule has 0 radical (unpaired) electrons. The molecule has 3 nitrogen and oxygen atoms in total. The molecule has 0 bridgehead atoms. The first kappa shape index (κ1) is 11.9. The molecule has 1 heterocycles. The van der Waals surface area contributed by atoms with Crippen molar-refractivity contribution in [2.45, 2.75) is 57.2 Å². The molecule has 2 aliphatic carbocycles. The average molecular weight is 238 g/mol. The zero-order valence-corrected chi connectivity index (χ0v) is 11.0. The van der Waals surface area contributed by atoms with Gasteiger partial charge in [-0.15, -0.1) is 0 Å². The first-order chi connectivity index (χ1) is 8.33. The molecule has 0 aromatic heterocycles. The smallest absolute Gasteiger partial charge is 0.0674 e. The lowest BCUT2D eigenvalue weighted by Crippen LogP contribution is -2.52. The molecule has 2 saturated carbocycles. The maximum absolute atomic E-state index is 5.74. The second-order valence-electron chi connectivity index (χ2n) is 6.12. The van der Waals surface area contributed by atoms with Gasteiger partial charge in [0.1, 0.15) is 0 Å². The largest absolute Gasteiger partial charge is 0.377 e. The van der Waals surface area contributed by atoms with Gasteiger partial charge in [0.05, 0.1) is 6.10 Å². The van der Waals surface area contributed by atoms with E-state index in [4.69, 9.17) is 4.74 Å². The van der Waals surface area contributed by atoms with Gasteiger partial charge in [-0.2, -0.15) is 0 Å². The van der Waals surface area contributed by atoms with Crippen molar-refractivity contribution in [1.82, 2.24) is 10.2 Å². The fourth-order valence-corrected chi connectivity index (χ4v) is 3.20. The van der Waals surface area contributed by atoms with E-state index in [1.165, 1.54) is 45.2 Å². The maximum atomic E-state index is 5.74. The Morgan fingerprint density at radius 1 is 1.24 bits per heavy atom. The Labute approximate surface area is 105 Å². The number of hydrogen-bond acceptors (Lipinski definition) is 3. The van der Waals surface area contributed by atoms with Crippen molar-refractivity contribution in [3.05, 3.63) is 0 Å². The first-order valence-electron chi connectivity index (χ1n) is 7.42. The molecular weight excluding hydrogens is 212 g/mol. The van der Waals surface area contributed by atoms with Crippen molar-refractivity contribution < 1.29 is 4.74 Å². The fourth-order valence-electron chi connectivity index (χ4n) is 3.20. The lowest BCUT2D eigenvalue weighted by molar-refractivity contribution is 0.0270. The van der Waals surface area contributed by atoms with Gasteiger partial charge in [0, 0.05) is 31.8 Å². The van der Waals surface area contributed by atoms with Crippen LogP contribution in [0, 0.1) is 5.92 Å². The summed E-state index contributed by atoms with van der Waals surface area (Å²) >= 11 is 0. The standard InChI is InChI=1S/C14H26N2O/c1-11-10-16(7-2-8-17-11)14-6-3-12(14)9-15-13-4-5-13/h11-15H,2-10H2,1H3. The van der Waals surface area contributed by atoms with Crippen LogP contribution in [0.1, 0.15) is 39.0 Å². The molecule has 1 saturated heterocycles. The summed E-state index contributed by atoms with van der Waals surface area (Å²) in [6.45, 7) is 6.81. The highest BCUT2D eigenvalue weighted by atomic mass is 16.5. The number of nitrogens with zero attached hydrogens (tertiary/aromatic N) is 1. The van der Waals surface area contributed by atoms with Crippen molar-refractivity contribution in [2.24, 2.45) is 5.92 Å². The molecule has 1 N–H and O–H groups in total. The fraction of sp³-hybridized carbons (Fsp3) is 1.00. The van der Waals surface area contributed by atoms with E-state index in [2.05, 4.69) is 17.1 Å². The number of nitrogens with one attached hydrogen (secondary N) is 1. The molecule has 17 heavy (non-hydrogen) atoms. The quantitative estimate of drug-likeness (QED) is 0.805. The maximum Gasteiger partial charge on any atom is 0.0674 e. The Hall–Kier alpha value is -0.120. The van der Waals surface area contributed by atoms with Crippen LogP contribution in [0.5, 0.6) is 0 Å². The van der Waals surface area contributed by atoms with Crippen LogP contribution in [0.2, 0.25) is 0 Å². The predicted octanol–water partition coefficient (Wildman–Crippen LogP) is 1.63. The lowest BCUT2D eigenvalue weighted by Gasteiger charge is -2.44. The van der Waals surface area contributed by atoms with E-state index < -0.39 is 0 Å². The normalized spacial score (nSPS) is 39.7. The first-order valence-corrected chi connectivity index (χ1v) is 7.42. The molecule has 0 spiro atoms. The van der Waals surface area contributed by atoms with Crippen LogP contribution in [-0.4, -0.2) is 49.3 Å². The highest BCUT2D eigenvalue weighted by Crippen LogP contribution is 2.33. The Balaban J connectivity index is 1.48. The third-order valence-corrected chi connectivity index (χ3v) is 4.58. The minimum absolute atomic E-state index is 0.426. The van der Waals surface area contributed by atoms with Gasteiger partial charge in [0.25, 0.3) is 0 Å². The molecular formula is C14H26N2O. The summed E-state index contributed by atoms with van der Waals surface area (Å²) in [5.74, 6) is 0.904. The van der Waals surface area contributed by atoms with Crippen LogP contribution in [0.25, 0.3) is 0 Å². The number of ether oxygens (including phenoxy) is 1. The van der Waals surface area contributed by atoms with Crippen LogP contribution in [0.4, 0.5) is 0 Å². The van der Waals surface area contributed by atoms with Crippen molar-refractivity contribution in [3.63, 3.8) is 0 Å². The van der Waals surface area contributed by atoms with Gasteiger partial charge in [-0.25, -0.2) is 0 Å². The molecule has 3 fully saturated rings. The highest BCUT2D eigenvalue weighted by Gasteiger charge is 2.37. The molecule has 3 unspecified atom stereocenters. The Morgan fingerprint density at radius 2 is 2.12 bits per heavy atom. The average Bonchev–Trinajstić information content (AvgIpc) is 3.06. The van der Waals surface area contributed by atoms with Gasteiger partial charge in [0.15, 0.2) is 0 Å². The van der Waals surface area contributed by atoms with Gasteiger partial charge in [0.2, 0.25) is 0 Å². The monoisotopic (exact) mass is 238 g/mol. The van der Waals surface area contributed by atoms with Gasteiger partial charge in [-0.05, 0) is 51.5 Å². The lowest BCUT2D eigenvalue weighted by atomic mass is 9.78. The second kappa shape index (κ2) is 5.25. The zero-order valence-electron chi connectivity index (χ0n) is 11.0. The highest BCUT2D eigenvalue weighted by molar-refractivity contribution is 4.93. The molecule has 98 valence electrons. The van der Waals surface area contributed by atoms with Crippen LogP contribution in [0.15, 0.2) is 0 Å². The Morgan fingerprint density at radius 3 is 2.82 bits per heavy atom. The summed E-state index contributed by atoms with van der Waals surface area (Å²) in [6.07, 6.45) is 7.29. The number of rotatable bonds is 4. The summed E-state index contributed by atoms with van der Waals surface area (Å²) in [4.78, 5) is 2.69. The van der Waals surface area contributed by atoms with Crippen molar-refractivity contribution in [2.75, 3.05) is 26.2 Å². The molecule has 3 heteroatoms. The summed E-state index contributed by atoms with van der Waals surface area (Å²) in [6, 6.07) is 1.70. The van der Waals surface area contributed by atoms with E-state index in [9.17, 15) is 0 Å². The van der Waals surface area contributed by atoms with Gasteiger partial charge >= 0.3 is 0 Å². The molecule has 3 rings (SSSR count). The van der Waals surface area contributed by atoms with E-state index in [-0.39, 0.29) is 0 Å². The number of hydrogen-bond donors (Lipinski definition) is 1. The van der Waals surface area contributed by atoms with E-state index in [1.54, 1.807) is 0 Å². The molecule has 3 atom stereocenters. The van der Waals surface area contributed by atoms with Crippen molar-refractivity contribution >= 4 is 0 Å². The van der Waals surface area contributed by atoms with Gasteiger partial charge in [-0.1, -0.05) is 0 Å². The van der Waals surface area contributed by atoms with Gasteiger partial charge in [-0.3, -0.25) is 4.90 Å². The third-order valence-electron chi connectivity index (χ3n) is 4.58. The summed E-state index contributed by atoms with van der Waals surface area (Å²) < 4.78 is 5.74. The topological polar surface area (TPSA) is 24.5 Å². The molecule has 0 amide bonds. The predicted molar refractivity (Wildman–Crippen MR) is 69.1 cm³/mol. The van der Waals surface area contributed by atoms with E-state index in [0.29, 0.717) is 6.10 Å². The Bertz CT molecular complexity index is 255. The van der Waals surface area contributed by atoms with E-state index >= 15 is 0 Å². The second-order valence-corrected chi connectivity index (χ2v) is 6.12. The van der Waals surface area contributed by atoms with Crippen molar-refractivity contribution in [1.29, 1.82) is 0 Å². The summed E-state index contributed by atoms with van der Waals surface area (Å²) in [5.41, 5.74) is 0. The van der Waals surface area contributed by atoms with Gasteiger partial charge < -0.3 is 10.1 Å². The minimum Gasteiger partial charge on any atom is -0.377 e. The molecule has 0 aromatic carbocycles. The summed E-state index contributed by atoms with van der Waals surface area (Å²) in [7, 11) is 0. The molecule has 3 aliphatic rings. The third kappa shape index (κ3) is 3.01.